The number of carbonyl (C=O) groups is 2. The first-order valence-corrected chi connectivity index (χ1v) is 6.86. The van der Waals surface area contributed by atoms with Crippen LogP contribution in [0, 0.1) is 0 Å². The lowest BCUT2D eigenvalue weighted by Gasteiger charge is -2.27. The maximum Gasteiger partial charge on any atom is 0.416 e. The Kier molecular flexibility index (Phi) is 4.04. The van der Waals surface area contributed by atoms with Crippen LogP contribution in [0.25, 0.3) is 0 Å². The molecule has 0 fully saturated rings. The number of carboxylic acid groups (broad SMARTS) is 1. The van der Waals surface area contributed by atoms with Crippen molar-refractivity contribution in [3.63, 3.8) is 0 Å². The zero-order chi connectivity index (χ0) is 17.6. The molecule has 0 aliphatic carbocycles. The maximum atomic E-state index is 13.1. The summed E-state index contributed by atoms with van der Waals surface area (Å²) in [6.45, 7) is 4.76. The van der Waals surface area contributed by atoms with Gasteiger partial charge in [-0.25, -0.2) is 9.59 Å². The van der Waals surface area contributed by atoms with Gasteiger partial charge in [0.1, 0.15) is 11.6 Å². The van der Waals surface area contributed by atoms with E-state index in [1.54, 1.807) is 20.8 Å². The minimum absolute atomic E-state index is 0.0820. The van der Waals surface area contributed by atoms with Crippen molar-refractivity contribution in [2.24, 2.45) is 0 Å². The minimum atomic E-state index is -4.63. The maximum absolute atomic E-state index is 13.1. The number of ether oxygens (including phenoxy) is 1. The van der Waals surface area contributed by atoms with Crippen molar-refractivity contribution in [2.75, 3.05) is 4.90 Å². The number of fused-ring (bicyclic) bond motifs is 1. The standard InChI is InChI=1S/C15H16F3NO4/c1-14(2,3)23-13(22)19-10-6-4-5-9(15(16,17)18)8(10)7-11(19)12(20)21/h4-6,11H,7H2,1-3H3,(H,20,21)/t11-/m1/s1. The monoisotopic (exact) mass is 331 g/mol. The molecule has 126 valence electrons. The van der Waals surface area contributed by atoms with E-state index >= 15 is 0 Å². The van der Waals surface area contributed by atoms with Crippen LogP contribution in [0.1, 0.15) is 31.9 Å². The first-order chi connectivity index (χ1) is 10.4. The molecule has 8 heteroatoms. The number of rotatable bonds is 1. The molecule has 1 aliphatic heterocycles. The van der Waals surface area contributed by atoms with E-state index < -0.39 is 41.9 Å². The molecule has 0 spiro atoms. The Labute approximate surface area is 130 Å². The van der Waals surface area contributed by atoms with E-state index in [0.717, 1.165) is 17.0 Å². The highest BCUT2D eigenvalue weighted by Gasteiger charge is 2.45. The second-order valence-corrected chi connectivity index (χ2v) is 6.21. The minimum Gasteiger partial charge on any atom is -0.480 e. The van der Waals surface area contributed by atoms with Gasteiger partial charge in [-0.3, -0.25) is 4.90 Å². The number of hydrogen-bond acceptors (Lipinski definition) is 3. The molecule has 1 atom stereocenters. The quantitative estimate of drug-likeness (QED) is 0.856. The second-order valence-electron chi connectivity index (χ2n) is 6.21. The Bertz CT molecular complexity index is 649. The molecule has 23 heavy (non-hydrogen) atoms. The fourth-order valence-electron chi connectivity index (χ4n) is 2.47. The van der Waals surface area contributed by atoms with Gasteiger partial charge in [0.15, 0.2) is 0 Å². The van der Waals surface area contributed by atoms with E-state index in [1.165, 1.54) is 6.07 Å². The van der Waals surface area contributed by atoms with Crippen LogP contribution >= 0.6 is 0 Å². The Morgan fingerprint density at radius 2 is 1.87 bits per heavy atom. The van der Waals surface area contributed by atoms with Crippen LogP contribution in [-0.4, -0.2) is 28.8 Å². The fraction of sp³-hybridized carbons (Fsp3) is 0.467. The Balaban J connectivity index is 2.51. The Morgan fingerprint density at radius 1 is 1.26 bits per heavy atom. The van der Waals surface area contributed by atoms with E-state index in [0.29, 0.717) is 0 Å². The highest BCUT2D eigenvalue weighted by molar-refractivity contribution is 5.99. The lowest BCUT2D eigenvalue weighted by Crippen LogP contribution is -2.45. The van der Waals surface area contributed by atoms with Crippen molar-refractivity contribution in [2.45, 2.75) is 45.0 Å². The topological polar surface area (TPSA) is 66.8 Å². The largest absolute Gasteiger partial charge is 0.480 e. The summed E-state index contributed by atoms with van der Waals surface area (Å²) in [5.41, 5.74) is -2.13. The summed E-state index contributed by atoms with van der Waals surface area (Å²) in [7, 11) is 0. The number of halogens is 3. The number of carbonyl (C=O) groups excluding carboxylic acids is 1. The van der Waals surface area contributed by atoms with Gasteiger partial charge in [-0.15, -0.1) is 0 Å². The van der Waals surface area contributed by atoms with Gasteiger partial charge >= 0.3 is 18.2 Å². The molecule has 1 aromatic rings. The van der Waals surface area contributed by atoms with Gasteiger partial charge in [0, 0.05) is 6.42 Å². The summed E-state index contributed by atoms with van der Waals surface area (Å²) in [6, 6.07) is 1.88. The van der Waals surface area contributed by atoms with Crippen LogP contribution in [0.15, 0.2) is 18.2 Å². The third kappa shape index (κ3) is 3.40. The molecule has 1 N–H and O–H groups in total. The normalized spacial score (nSPS) is 17.8. The molecule has 0 aromatic heterocycles. The van der Waals surface area contributed by atoms with Gasteiger partial charge in [-0.05, 0) is 38.5 Å². The van der Waals surface area contributed by atoms with Crippen molar-refractivity contribution in [3.8, 4) is 0 Å². The smallest absolute Gasteiger partial charge is 0.416 e. The lowest BCUT2D eigenvalue weighted by molar-refractivity contribution is -0.140. The lowest BCUT2D eigenvalue weighted by atomic mass is 10.0. The van der Waals surface area contributed by atoms with Crippen molar-refractivity contribution >= 4 is 17.7 Å². The van der Waals surface area contributed by atoms with Crippen LogP contribution < -0.4 is 4.90 Å². The van der Waals surface area contributed by atoms with E-state index in [4.69, 9.17) is 4.74 Å². The molecular weight excluding hydrogens is 315 g/mol. The number of anilines is 1. The summed E-state index contributed by atoms with van der Waals surface area (Å²) >= 11 is 0. The van der Waals surface area contributed by atoms with Crippen LogP contribution in [0.5, 0.6) is 0 Å². The second kappa shape index (κ2) is 5.43. The van der Waals surface area contributed by atoms with Crippen LogP contribution in [0.3, 0.4) is 0 Å². The molecule has 0 unspecified atom stereocenters. The average Bonchev–Trinajstić information content (AvgIpc) is 2.74. The molecule has 1 heterocycles. The summed E-state index contributed by atoms with van der Waals surface area (Å²) in [5.74, 6) is -1.39. The van der Waals surface area contributed by atoms with Gasteiger partial charge in [0.2, 0.25) is 0 Å². The summed E-state index contributed by atoms with van der Waals surface area (Å²) < 4.78 is 44.4. The SMILES string of the molecule is CC(C)(C)OC(=O)N1c2cccc(C(F)(F)F)c2C[C@@H]1C(=O)O. The number of alkyl halides is 3. The first-order valence-electron chi connectivity index (χ1n) is 6.86. The van der Waals surface area contributed by atoms with E-state index in [9.17, 15) is 27.9 Å². The molecule has 0 saturated heterocycles. The average molecular weight is 331 g/mol. The predicted octanol–water partition coefficient (Wildman–Crippen LogP) is 3.46. The molecule has 1 amide bonds. The van der Waals surface area contributed by atoms with Crippen molar-refractivity contribution in [1.82, 2.24) is 0 Å². The Morgan fingerprint density at radius 3 is 2.35 bits per heavy atom. The first kappa shape index (κ1) is 17.1. The van der Waals surface area contributed by atoms with E-state index in [2.05, 4.69) is 0 Å². The molecule has 1 aliphatic rings. The summed E-state index contributed by atoms with van der Waals surface area (Å²) in [5, 5.41) is 9.27. The molecule has 5 nitrogen and oxygen atoms in total. The number of aliphatic carboxylic acids is 1. The summed E-state index contributed by atoms with van der Waals surface area (Å²) in [4.78, 5) is 24.4. The van der Waals surface area contributed by atoms with Gasteiger partial charge in [-0.2, -0.15) is 13.2 Å². The molecular formula is C15H16F3NO4. The molecule has 0 saturated carbocycles. The Hall–Kier alpha value is -2.25. The molecule has 0 radical (unpaired) electrons. The number of hydrogen-bond donors (Lipinski definition) is 1. The number of nitrogens with zero attached hydrogens (tertiary/aromatic N) is 1. The molecule has 1 aromatic carbocycles. The third-order valence-corrected chi connectivity index (χ3v) is 3.30. The van der Waals surface area contributed by atoms with Crippen LogP contribution in [0.2, 0.25) is 0 Å². The number of benzene rings is 1. The predicted molar refractivity (Wildman–Crippen MR) is 75.3 cm³/mol. The van der Waals surface area contributed by atoms with Gasteiger partial charge in [0.05, 0.1) is 11.3 Å². The zero-order valence-electron chi connectivity index (χ0n) is 12.8. The molecule has 2 rings (SSSR count). The third-order valence-electron chi connectivity index (χ3n) is 3.30. The number of carboxylic acids is 1. The van der Waals surface area contributed by atoms with Gasteiger partial charge in [0.25, 0.3) is 0 Å². The molecule has 0 bridgehead atoms. The van der Waals surface area contributed by atoms with Crippen LogP contribution in [0.4, 0.5) is 23.7 Å². The highest BCUT2D eigenvalue weighted by atomic mass is 19.4. The van der Waals surface area contributed by atoms with Crippen LogP contribution in [-0.2, 0) is 22.1 Å². The zero-order valence-corrected chi connectivity index (χ0v) is 12.8. The van der Waals surface area contributed by atoms with Crippen molar-refractivity contribution in [3.05, 3.63) is 29.3 Å². The fourth-order valence-corrected chi connectivity index (χ4v) is 2.47. The van der Waals surface area contributed by atoms with Crippen molar-refractivity contribution in [1.29, 1.82) is 0 Å². The number of amides is 1. The van der Waals surface area contributed by atoms with E-state index in [-0.39, 0.29) is 11.3 Å². The van der Waals surface area contributed by atoms with Gasteiger partial charge in [-0.1, -0.05) is 6.07 Å². The van der Waals surface area contributed by atoms with Gasteiger partial charge < -0.3 is 9.84 Å². The summed E-state index contributed by atoms with van der Waals surface area (Å²) in [6.07, 6.45) is -6.03. The van der Waals surface area contributed by atoms with E-state index in [1.807, 2.05) is 0 Å². The highest BCUT2D eigenvalue weighted by Crippen LogP contribution is 2.42. The van der Waals surface area contributed by atoms with Crippen molar-refractivity contribution < 1.29 is 32.6 Å².